The van der Waals surface area contributed by atoms with Gasteiger partial charge in [0.1, 0.15) is 13.2 Å². The second kappa shape index (κ2) is 8.93. The van der Waals surface area contributed by atoms with E-state index in [0.717, 1.165) is 21.3 Å². The van der Waals surface area contributed by atoms with Gasteiger partial charge < -0.3 is 24.3 Å². The minimum Gasteiger partial charge on any atom is -0.493 e. The number of methoxy groups -OCH3 is 2. The number of hydrogen-bond acceptors (Lipinski definition) is 7. The molecule has 0 aliphatic carbocycles. The van der Waals surface area contributed by atoms with Gasteiger partial charge >= 0.3 is 0 Å². The molecule has 0 fully saturated rings. The highest BCUT2D eigenvalue weighted by molar-refractivity contribution is 9.10. The third kappa shape index (κ3) is 4.36. The van der Waals surface area contributed by atoms with E-state index >= 15 is 0 Å². The van der Waals surface area contributed by atoms with Crippen molar-refractivity contribution in [2.45, 2.75) is 6.42 Å². The van der Waals surface area contributed by atoms with Crippen LogP contribution in [0, 0.1) is 0 Å². The van der Waals surface area contributed by atoms with E-state index in [-0.39, 0.29) is 12.3 Å². The summed E-state index contributed by atoms with van der Waals surface area (Å²) in [5.74, 6) is 2.43. The average molecular weight is 491 g/mol. The number of carbonyl (C=O) groups excluding carboxylic acids is 1. The first kappa shape index (κ1) is 20.5. The average Bonchev–Trinajstić information content (AvgIpc) is 3.22. The standard InChI is InChI=1S/C21H19BrN2O5S/c1-26-16-4-3-12(7-17(16)27-2)15-11-30-21(23-15)24-20(25)9-13-8-18-19(10-14(13)22)29-6-5-28-18/h3-4,7-8,10-11H,5-6,9H2,1-2H3,(H,23,24,25). The zero-order chi connectivity index (χ0) is 21.1. The van der Waals surface area contributed by atoms with Crippen LogP contribution in [0.25, 0.3) is 11.3 Å². The smallest absolute Gasteiger partial charge is 0.230 e. The number of anilines is 1. The minimum absolute atomic E-state index is 0.166. The second-order valence-electron chi connectivity index (χ2n) is 6.42. The van der Waals surface area contributed by atoms with E-state index in [1.807, 2.05) is 35.7 Å². The molecule has 3 aromatic rings. The molecule has 1 aliphatic rings. The highest BCUT2D eigenvalue weighted by Crippen LogP contribution is 2.36. The first-order valence-electron chi connectivity index (χ1n) is 9.13. The van der Waals surface area contributed by atoms with Crippen molar-refractivity contribution in [2.24, 2.45) is 0 Å². The van der Waals surface area contributed by atoms with E-state index in [9.17, 15) is 4.79 Å². The maximum atomic E-state index is 12.6. The highest BCUT2D eigenvalue weighted by atomic mass is 79.9. The number of benzene rings is 2. The Hall–Kier alpha value is -2.78. The maximum Gasteiger partial charge on any atom is 0.230 e. The molecular weight excluding hydrogens is 472 g/mol. The van der Waals surface area contributed by atoms with Crippen LogP contribution in [0.2, 0.25) is 0 Å². The summed E-state index contributed by atoms with van der Waals surface area (Å²) in [6, 6.07) is 9.23. The number of nitrogens with one attached hydrogen (secondary N) is 1. The molecule has 0 unspecified atom stereocenters. The highest BCUT2D eigenvalue weighted by Gasteiger charge is 2.17. The molecule has 0 saturated heterocycles. The Balaban J connectivity index is 1.46. The van der Waals surface area contributed by atoms with Crippen LogP contribution in [-0.2, 0) is 11.2 Å². The van der Waals surface area contributed by atoms with Crippen molar-refractivity contribution in [2.75, 3.05) is 32.8 Å². The topological polar surface area (TPSA) is 78.9 Å². The Bertz CT molecular complexity index is 1090. The Morgan fingerprint density at radius 1 is 1.13 bits per heavy atom. The Labute approximate surface area is 186 Å². The van der Waals surface area contributed by atoms with Gasteiger partial charge in [-0.3, -0.25) is 4.79 Å². The molecule has 1 N–H and O–H groups in total. The van der Waals surface area contributed by atoms with Gasteiger partial charge in [-0.05, 0) is 35.9 Å². The van der Waals surface area contributed by atoms with Gasteiger partial charge in [0.25, 0.3) is 0 Å². The Morgan fingerprint density at radius 2 is 1.87 bits per heavy atom. The number of hydrogen-bond donors (Lipinski definition) is 1. The first-order chi connectivity index (χ1) is 14.6. The van der Waals surface area contributed by atoms with E-state index in [1.54, 1.807) is 14.2 Å². The largest absolute Gasteiger partial charge is 0.493 e. The van der Waals surface area contributed by atoms with Crippen LogP contribution in [0.4, 0.5) is 5.13 Å². The van der Waals surface area contributed by atoms with Crippen molar-refractivity contribution in [3.8, 4) is 34.3 Å². The fraction of sp³-hybridized carbons (Fsp3) is 0.238. The predicted octanol–water partition coefficient (Wildman–Crippen LogP) is 4.54. The molecule has 2 aromatic carbocycles. The van der Waals surface area contributed by atoms with Crippen LogP contribution in [-0.4, -0.2) is 38.3 Å². The van der Waals surface area contributed by atoms with E-state index < -0.39 is 0 Å². The number of nitrogens with zero attached hydrogens (tertiary/aromatic N) is 1. The quantitative estimate of drug-likeness (QED) is 0.546. The van der Waals surface area contributed by atoms with Crippen molar-refractivity contribution in [1.29, 1.82) is 0 Å². The molecule has 1 aliphatic heterocycles. The monoisotopic (exact) mass is 490 g/mol. The van der Waals surface area contributed by atoms with E-state index in [4.69, 9.17) is 18.9 Å². The summed E-state index contributed by atoms with van der Waals surface area (Å²) in [6.45, 7) is 1.02. The molecule has 0 atom stereocenters. The first-order valence-corrected chi connectivity index (χ1v) is 10.8. The van der Waals surface area contributed by atoms with Crippen LogP contribution in [0.15, 0.2) is 40.2 Å². The van der Waals surface area contributed by atoms with Gasteiger partial charge in [0.05, 0.1) is 26.3 Å². The van der Waals surface area contributed by atoms with E-state index in [2.05, 4.69) is 26.2 Å². The molecule has 4 rings (SSSR count). The van der Waals surface area contributed by atoms with Gasteiger partial charge in [0.2, 0.25) is 5.91 Å². The van der Waals surface area contributed by atoms with Crippen molar-refractivity contribution >= 4 is 38.3 Å². The zero-order valence-electron chi connectivity index (χ0n) is 16.4. The van der Waals surface area contributed by atoms with E-state index in [0.29, 0.717) is 41.3 Å². The van der Waals surface area contributed by atoms with Crippen molar-refractivity contribution in [1.82, 2.24) is 4.98 Å². The summed E-state index contributed by atoms with van der Waals surface area (Å²) < 4.78 is 22.6. The fourth-order valence-corrected chi connectivity index (χ4v) is 4.24. The molecule has 156 valence electrons. The summed E-state index contributed by atoms with van der Waals surface area (Å²) in [4.78, 5) is 17.1. The molecule has 2 heterocycles. The van der Waals surface area contributed by atoms with Crippen molar-refractivity contribution < 1.29 is 23.7 Å². The van der Waals surface area contributed by atoms with Crippen LogP contribution in [0.3, 0.4) is 0 Å². The molecule has 1 amide bonds. The van der Waals surface area contributed by atoms with E-state index in [1.165, 1.54) is 11.3 Å². The SMILES string of the molecule is COc1ccc(-c2csc(NC(=O)Cc3cc4c(cc3Br)OCCO4)n2)cc1OC. The van der Waals surface area contributed by atoms with Crippen molar-refractivity contribution in [3.63, 3.8) is 0 Å². The summed E-state index contributed by atoms with van der Waals surface area (Å²) >= 11 is 4.86. The van der Waals surface area contributed by atoms with Gasteiger partial charge in [0, 0.05) is 15.4 Å². The van der Waals surface area contributed by atoms with Crippen LogP contribution >= 0.6 is 27.3 Å². The van der Waals surface area contributed by atoms with Crippen LogP contribution < -0.4 is 24.3 Å². The molecule has 7 nitrogen and oxygen atoms in total. The predicted molar refractivity (Wildman–Crippen MR) is 118 cm³/mol. The van der Waals surface area contributed by atoms with Crippen LogP contribution in [0.1, 0.15) is 5.56 Å². The molecule has 0 bridgehead atoms. The second-order valence-corrected chi connectivity index (χ2v) is 8.13. The number of halogens is 1. The Morgan fingerprint density at radius 3 is 2.60 bits per heavy atom. The third-order valence-corrected chi connectivity index (χ3v) is 5.99. The lowest BCUT2D eigenvalue weighted by Gasteiger charge is -2.19. The summed E-state index contributed by atoms with van der Waals surface area (Å²) in [5.41, 5.74) is 2.43. The number of amides is 1. The molecule has 9 heteroatoms. The number of carbonyl (C=O) groups is 1. The fourth-order valence-electron chi connectivity index (χ4n) is 3.04. The molecule has 0 spiro atoms. The number of aromatic nitrogens is 1. The summed E-state index contributed by atoms with van der Waals surface area (Å²) in [5, 5.41) is 5.27. The Kier molecular flexibility index (Phi) is 6.10. The molecule has 0 radical (unpaired) electrons. The molecule has 30 heavy (non-hydrogen) atoms. The summed E-state index contributed by atoms with van der Waals surface area (Å²) in [6.07, 6.45) is 0.183. The lowest BCUT2D eigenvalue weighted by molar-refractivity contribution is -0.115. The van der Waals surface area contributed by atoms with Gasteiger partial charge in [-0.15, -0.1) is 11.3 Å². The minimum atomic E-state index is -0.166. The molecular formula is C21H19BrN2O5S. The van der Waals surface area contributed by atoms with Gasteiger partial charge in [-0.1, -0.05) is 15.9 Å². The number of rotatable bonds is 6. The normalized spacial score (nSPS) is 12.4. The summed E-state index contributed by atoms with van der Waals surface area (Å²) in [7, 11) is 3.18. The zero-order valence-corrected chi connectivity index (χ0v) is 18.8. The molecule has 0 saturated carbocycles. The lowest BCUT2D eigenvalue weighted by atomic mass is 10.1. The van der Waals surface area contributed by atoms with Crippen molar-refractivity contribution in [3.05, 3.63) is 45.7 Å². The van der Waals surface area contributed by atoms with Gasteiger partial charge in [-0.25, -0.2) is 4.98 Å². The van der Waals surface area contributed by atoms with Crippen LogP contribution in [0.5, 0.6) is 23.0 Å². The third-order valence-electron chi connectivity index (χ3n) is 4.49. The lowest BCUT2D eigenvalue weighted by Crippen LogP contribution is -2.17. The number of ether oxygens (including phenoxy) is 4. The number of fused-ring (bicyclic) bond motifs is 1. The number of thiazole rings is 1. The van der Waals surface area contributed by atoms with Gasteiger partial charge in [0.15, 0.2) is 28.1 Å². The maximum absolute atomic E-state index is 12.6. The van der Waals surface area contributed by atoms with Gasteiger partial charge in [-0.2, -0.15) is 0 Å². The molecule has 1 aromatic heterocycles.